The monoisotopic (exact) mass is 153 g/mol. The maximum atomic E-state index is 11.3. The fraction of sp³-hybridized carbons (Fsp3) is 0.889. The van der Waals surface area contributed by atoms with Gasteiger partial charge in [0.05, 0.1) is 6.54 Å². The van der Waals surface area contributed by atoms with E-state index in [9.17, 15) is 4.79 Å². The van der Waals surface area contributed by atoms with Gasteiger partial charge in [0, 0.05) is 12.0 Å². The highest BCUT2D eigenvalue weighted by molar-refractivity contribution is 5.85. The lowest BCUT2D eigenvalue weighted by Gasteiger charge is -2.12. The van der Waals surface area contributed by atoms with Crippen LogP contribution in [-0.2, 0) is 4.79 Å². The maximum Gasteiger partial charge on any atom is 0.151 e. The van der Waals surface area contributed by atoms with Gasteiger partial charge in [-0.15, -0.1) is 0 Å². The second-order valence-corrected chi connectivity index (χ2v) is 3.70. The Morgan fingerprint density at radius 3 is 2.91 bits per heavy atom. The summed E-state index contributed by atoms with van der Waals surface area (Å²) in [5.74, 6) is 0.828. The van der Waals surface area contributed by atoms with E-state index >= 15 is 0 Å². The molecule has 2 unspecified atom stereocenters. The molecule has 1 saturated heterocycles. The highest BCUT2D eigenvalue weighted by Crippen LogP contribution is 2.27. The minimum absolute atomic E-state index is 0.373. The van der Waals surface area contributed by atoms with E-state index < -0.39 is 0 Å². The molecule has 0 aromatic heterocycles. The van der Waals surface area contributed by atoms with Crippen molar-refractivity contribution in [2.45, 2.75) is 38.1 Å². The van der Waals surface area contributed by atoms with Crippen LogP contribution in [-0.4, -0.2) is 18.4 Å². The number of nitrogens with one attached hydrogen (secondary N) is 1. The van der Waals surface area contributed by atoms with E-state index in [1.165, 1.54) is 25.7 Å². The average molecular weight is 153 g/mol. The summed E-state index contributed by atoms with van der Waals surface area (Å²) in [7, 11) is 0. The lowest BCUT2D eigenvalue weighted by atomic mass is 9.95. The van der Waals surface area contributed by atoms with Gasteiger partial charge in [-0.1, -0.05) is 19.3 Å². The van der Waals surface area contributed by atoms with Crippen molar-refractivity contribution in [2.75, 3.05) is 6.54 Å². The number of Topliss-reactive ketones (excluding diaryl/α,β-unsaturated/α-hetero) is 1. The van der Waals surface area contributed by atoms with E-state index in [1.807, 2.05) is 0 Å². The number of hydrogen-bond donors (Lipinski definition) is 1. The van der Waals surface area contributed by atoms with Crippen LogP contribution in [0.1, 0.15) is 32.1 Å². The smallest absolute Gasteiger partial charge is 0.151 e. The number of hydrogen-bond acceptors (Lipinski definition) is 2. The summed E-state index contributed by atoms with van der Waals surface area (Å²) in [5, 5.41) is 3.30. The van der Waals surface area contributed by atoms with Crippen molar-refractivity contribution in [2.24, 2.45) is 5.92 Å². The molecule has 1 aliphatic heterocycles. The van der Waals surface area contributed by atoms with Crippen molar-refractivity contribution >= 4 is 5.78 Å². The third-order valence-corrected chi connectivity index (χ3v) is 2.97. The topological polar surface area (TPSA) is 29.1 Å². The molecule has 2 nitrogen and oxygen atoms in total. The minimum Gasteiger partial charge on any atom is -0.306 e. The Kier molecular flexibility index (Phi) is 1.95. The van der Waals surface area contributed by atoms with Crippen LogP contribution < -0.4 is 5.32 Å². The average Bonchev–Trinajstić information content (AvgIpc) is 2.25. The molecule has 2 heteroatoms. The zero-order valence-corrected chi connectivity index (χ0v) is 6.81. The summed E-state index contributed by atoms with van der Waals surface area (Å²) >= 11 is 0. The van der Waals surface area contributed by atoms with Gasteiger partial charge in [-0.05, 0) is 12.8 Å². The second kappa shape index (κ2) is 2.94. The van der Waals surface area contributed by atoms with Crippen LogP contribution in [0.25, 0.3) is 0 Å². The molecule has 0 radical (unpaired) electrons. The lowest BCUT2D eigenvalue weighted by molar-refractivity contribution is -0.119. The molecule has 2 rings (SSSR count). The van der Waals surface area contributed by atoms with Crippen LogP contribution in [0.2, 0.25) is 0 Å². The fourth-order valence-corrected chi connectivity index (χ4v) is 2.30. The highest BCUT2D eigenvalue weighted by Gasteiger charge is 2.34. The van der Waals surface area contributed by atoms with E-state index in [4.69, 9.17) is 0 Å². The van der Waals surface area contributed by atoms with Gasteiger partial charge in [-0.25, -0.2) is 0 Å². The number of carbonyl (C=O) groups is 1. The standard InChI is InChI=1S/C9H15NO/c11-9-6-10-8-5-3-1-2-4-7(8)9/h7-8,10H,1-6H2. The highest BCUT2D eigenvalue weighted by atomic mass is 16.1. The minimum atomic E-state index is 0.373. The fourth-order valence-electron chi connectivity index (χ4n) is 2.30. The van der Waals surface area contributed by atoms with E-state index in [0.29, 0.717) is 24.3 Å². The van der Waals surface area contributed by atoms with Gasteiger partial charge < -0.3 is 5.32 Å². The number of carbonyl (C=O) groups excluding carboxylic acids is 1. The first-order valence-electron chi connectivity index (χ1n) is 4.64. The molecule has 0 aromatic carbocycles. The van der Waals surface area contributed by atoms with Crippen LogP contribution in [0.3, 0.4) is 0 Å². The molecule has 0 aromatic rings. The number of ketones is 1. The van der Waals surface area contributed by atoms with Crippen molar-refractivity contribution in [3.8, 4) is 0 Å². The Morgan fingerprint density at radius 1 is 1.18 bits per heavy atom. The van der Waals surface area contributed by atoms with Gasteiger partial charge in [0.25, 0.3) is 0 Å². The summed E-state index contributed by atoms with van der Waals surface area (Å²) < 4.78 is 0. The molecule has 62 valence electrons. The van der Waals surface area contributed by atoms with Gasteiger partial charge in [0.1, 0.15) is 0 Å². The van der Waals surface area contributed by atoms with E-state index in [2.05, 4.69) is 5.32 Å². The van der Waals surface area contributed by atoms with Crippen LogP contribution in [0.5, 0.6) is 0 Å². The van der Waals surface area contributed by atoms with Gasteiger partial charge >= 0.3 is 0 Å². The van der Waals surface area contributed by atoms with Crippen molar-refractivity contribution in [3.63, 3.8) is 0 Å². The lowest BCUT2D eigenvalue weighted by Crippen LogP contribution is -2.25. The maximum absolute atomic E-state index is 11.3. The van der Waals surface area contributed by atoms with Crippen molar-refractivity contribution in [1.29, 1.82) is 0 Å². The molecule has 2 atom stereocenters. The number of fused-ring (bicyclic) bond motifs is 1. The third kappa shape index (κ3) is 1.32. The van der Waals surface area contributed by atoms with E-state index in [0.717, 1.165) is 6.42 Å². The predicted octanol–water partition coefficient (Wildman–Crippen LogP) is 1.11. The summed E-state index contributed by atoms with van der Waals surface area (Å²) in [6, 6.07) is 0.532. The molecule has 1 saturated carbocycles. The zero-order valence-electron chi connectivity index (χ0n) is 6.81. The molecular weight excluding hydrogens is 138 g/mol. The molecule has 1 heterocycles. The second-order valence-electron chi connectivity index (χ2n) is 3.70. The summed E-state index contributed by atoms with van der Waals surface area (Å²) in [4.78, 5) is 11.3. The molecule has 0 amide bonds. The summed E-state index contributed by atoms with van der Waals surface area (Å²) in [6.45, 7) is 0.634. The van der Waals surface area contributed by atoms with E-state index in [-0.39, 0.29) is 0 Å². The Hall–Kier alpha value is -0.370. The molecule has 2 fully saturated rings. The van der Waals surface area contributed by atoms with Crippen LogP contribution >= 0.6 is 0 Å². The SMILES string of the molecule is O=C1CNC2CCCCCC12. The predicted molar refractivity (Wildman–Crippen MR) is 43.4 cm³/mol. The van der Waals surface area contributed by atoms with Crippen LogP contribution in [0.15, 0.2) is 0 Å². The molecular formula is C9H15NO. The Balaban J connectivity index is 2.06. The first-order chi connectivity index (χ1) is 5.38. The van der Waals surface area contributed by atoms with Gasteiger partial charge in [0.2, 0.25) is 0 Å². The zero-order chi connectivity index (χ0) is 7.68. The van der Waals surface area contributed by atoms with E-state index in [1.54, 1.807) is 0 Å². The van der Waals surface area contributed by atoms with Gasteiger partial charge in [-0.3, -0.25) is 4.79 Å². The Morgan fingerprint density at radius 2 is 2.00 bits per heavy atom. The summed E-state index contributed by atoms with van der Waals surface area (Å²) in [6.07, 6.45) is 6.24. The summed E-state index contributed by atoms with van der Waals surface area (Å²) in [5.41, 5.74) is 0. The Labute approximate surface area is 67.4 Å². The Bertz CT molecular complexity index is 167. The van der Waals surface area contributed by atoms with Crippen LogP contribution in [0, 0.1) is 5.92 Å². The molecule has 1 N–H and O–H groups in total. The molecule has 0 spiro atoms. The third-order valence-electron chi connectivity index (χ3n) is 2.97. The van der Waals surface area contributed by atoms with Gasteiger partial charge in [0.15, 0.2) is 5.78 Å². The van der Waals surface area contributed by atoms with Crippen molar-refractivity contribution in [1.82, 2.24) is 5.32 Å². The van der Waals surface area contributed by atoms with Gasteiger partial charge in [-0.2, -0.15) is 0 Å². The molecule has 1 aliphatic carbocycles. The van der Waals surface area contributed by atoms with Crippen molar-refractivity contribution < 1.29 is 4.79 Å². The van der Waals surface area contributed by atoms with Crippen LogP contribution in [0.4, 0.5) is 0 Å². The molecule has 0 bridgehead atoms. The largest absolute Gasteiger partial charge is 0.306 e. The quantitative estimate of drug-likeness (QED) is 0.564. The van der Waals surface area contributed by atoms with Crippen molar-refractivity contribution in [3.05, 3.63) is 0 Å². The molecule has 11 heavy (non-hydrogen) atoms. The first kappa shape index (κ1) is 7.29. The number of rotatable bonds is 0. The first-order valence-corrected chi connectivity index (χ1v) is 4.64. The molecule has 2 aliphatic rings. The normalized spacial score (nSPS) is 38.4.